The molecule has 2 rings (SSSR count). The first-order valence-corrected chi connectivity index (χ1v) is 7.32. The highest BCUT2D eigenvalue weighted by atomic mass is 16.3. The number of hydrogen-bond acceptors (Lipinski definition) is 3. The maximum absolute atomic E-state index is 12.6. The molecule has 20 heavy (non-hydrogen) atoms. The van der Waals surface area contributed by atoms with E-state index in [0.717, 1.165) is 24.9 Å². The minimum atomic E-state index is -1.59. The zero-order valence-corrected chi connectivity index (χ0v) is 12.2. The van der Waals surface area contributed by atoms with Crippen molar-refractivity contribution < 1.29 is 15.0 Å². The molecule has 2 atom stereocenters. The van der Waals surface area contributed by atoms with Crippen molar-refractivity contribution in [3.63, 3.8) is 0 Å². The summed E-state index contributed by atoms with van der Waals surface area (Å²) in [6, 6.07) is 7.32. The van der Waals surface area contributed by atoms with Gasteiger partial charge in [-0.15, -0.1) is 0 Å². The van der Waals surface area contributed by atoms with Crippen LogP contribution in [0.3, 0.4) is 0 Å². The largest absolute Gasteiger partial charge is 0.393 e. The third kappa shape index (κ3) is 2.58. The van der Waals surface area contributed by atoms with E-state index in [2.05, 4.69) is 6.92 Å². The summed E-state index contributed by atoms with van der Waals surface area (Å²) in [5.74, 6) is -0.310. The number of nitrogens with zero attached hydrogens (tertiary/aromatic N) is 1. The van der Waals surface area contributed by atoms with E-state index in [1.165, 1.54) is 0 Å². The number of hydrogen-bond donors (Lipinski definition) is 2. The van der Waals surface area contributed by atoms with Crippen molar-refractivity contribution in [2.24, 2.45) is 0 Å². The van der Waals surface area contributed by atoms with E-state index >= 15 is 0 Å². The zero-order valence-electron chi connectivity index (χ0n) is 12.2. The van der Waals surface area contributed by atoms with Crippen molar-refractivity contribution in [3.8, 4) is 0 Å². The van der Waals surface area contributed by atoms with Gasteiger partial charge < -0.3 is 15.1 Å². The topological polar surface area (TPSA) is 60.8 Å². The van der Waals surface area contributed by atoms with Crippen LogP contribution in [0.25, 0.3) is 0 Å². The summed E-state index contributed by atoms with van der Waals surface area (Å²) in [6.45, 7) is 4.32. The van der Waals surface area contributed by atoms with Crippen molar-refractivity contribution >= 4 is 11.6 Å². The van der Waals surface area contributed by atoms with Crippen molar-refractivity contribution in [3.05, 3.63) is 29.8 Å². The van der Waals surface area contributed by atoms with Crippen molar-refractivity contribution in [2.45, 2.75) is 51.2 Å². The summed E-state index contributed by atoms with van der Waals surface area (Å²) in [4.78, 5) is 14.2. The van der Waals surface area contributed by atoms with Gasteiger partial charge >= 0.3 is 0 Å². The summed E-state index contributed by atoms with van der Waals surface area (Å²) in [5.41, 5.74) is -0.198. The van der Waals surface area contributed by atoms with Gasteiger partial charge in [0, 0.05) is 18.5 Å². The quantitative estimate of drug-likeness (QED) is 0.784. The minimum Gasteiger partial charge on any atom is -0.393 e. The van der Waals surface area contributed by atoms with E-state index in [0.29, 0.717) is 12.1 Å². The smallest absolute Gasteiger partial charge is 0.263 e. The number of carbonyl (C=O) groups excluding carboxylic acids is 1. The predicted octanol–water partition coefficient (Wildman–Crippen LogP) is 2.18. The average molecular weight is 277 g/mol. The molecule has 0 spiro atoms. The molecule has 0 saturated heterocycles. The number of aliphatic hydroxyl groups is 2. The van der Waals surface area contributed by atoms with Crippen LogP contribution in [0.1, 0.15) is 45.1 Å². The maximum Gasteiger partial charge on any atom is 0.263 e. The third-order valence-corrected chi connectivity index (χ3v) is 3.82. The number of aliphatic hydroxyl groups excluding tert-OH is 1. The third-order valence-electron chi connectivity index (χ3n) is 3.82. The fourth-order valence-electron chi connectivity index (χ4n) is 2.87. The van der Waals surface area contributed by atoms with E-state index in [-0.39, 0.29) is 12.3 Å². The molecular formula is C16H23NO3. The highest BCUT2D eigenvalue weighted by Gasteiger charge is 2.49. The Morgan fingerprint density at radius 1 is 1.30 bits per heavy atom. The molecule has 1 heterocycles. The Balaban J connectivity index is 2.31. The van der Waals surface area contributed by atoms with Gasteiger partial charge in [-0.2, -0.15) is 0 Å². The van der Waals surface area contributed by atoms with Crippen LogP contribution in [-0.2, 0) is 10.4 Å². The Bertz CT molecular complexity index is 486. The highest BCUT2D eigenvalue weighted by molar-refractivity contribution is 6.06. The second-order valence-corrected chi connectivity index (χ2v) is 5.59. The van der Waals surface area contributed by atoms with Gasteiger partial charge in [0.05, 0.1) is 11.8 Å². The van der Waals surface area contributed by atoms with Crippen LogP contribution in [0.4, 0.5) is 5.69 Å². The maximum atomic E-state index is 12.6. The fourth-order valence-corrected chi connectivity index (χ4v) is 2.87. The highest BCUT2D eigenvalue weighted by Crippen LogP contribution is 2.42. The lowest BCUT2D eigenvalue weighted by Crippen LogP contribution is -2.42. The van der Waals surface area contributed by atoms with Gasteiger partial charge in [0.15, 0.2) is 5.60 Å². The molecule has 1 amide bonds. The van der Waals surface area contributed by atoms with Crippen LogP contribution in [0.2, 0.25) is 0 Å². The number of rotatable bonds is 6. The first kappa shape index (κ1) is 15.0. The molecular weight excluding hydrogens is 254 g/mol. The molecule has 0 aliphatic carbocycles. The van der Waals surface area contributed by atoms with Gasteiger partial charge in [0.1, 0.15) is 0 Å². The molecule has 1 aliphatic heterocycles. The van der Waals surface area contributed by atoms with E-state index < -0.39 is 11.7 Å². The Morgan fingerprint density at radius 2 is 2.00 bits per heavy atom. The van der Waals surface area contributed by atoms with E-state index in [1.54, 1.807) is 17.9 Å². The van der Waals surface area contributed by atoms with Gasteiger partial charge in [-0.3, -0.25) is 4.79 Å². The van der Waals surface area contributed by atoms with Crippen LogP contribution < -0.4 is 4.90 Å². The molecule has 4 heteroatoms. The molecule has 0 fully saturated rings. The molecule has 4 nitrogen and oxygen atoms in total. The second-order valence-electron chi connectivity index (χ2n) is 5.59. The first-order valence-electron chi connectivity index (χ1n) is 7.32. The standard InChI is InChI=1S/C16H23NO3/c1-3-4-7-10-17-14-9-6-5-8-13(14)16(20,15(17)19)11-12(2)18/h5-6,8-9,12,18,20H,3-4,7,10-11H2,1-2H3/t12-,16-/m1/s1. The van der Waals surface area contributed by atoms with Crippen LogP contribution in [-0.4, -0.2) is 28.8 Å². The number of para-hydroxylation sites is 1. The molecule has 2 N–H and O–H groups in total. The lowest BCUT2D eigenvalue weighted by Gasteiger charge is -2.24. The van der Waals surface area contributed by atoms with Crippen molar-refractivity contribution in [1.82, 2.24) is 0 Å². The van der Waals surface area contributed by atoms with Crippen LogP contribution in [0, 0.1) is 0 Å². The second kappa shape index (κ2) is 5.94. The van der Waals surface area contributed by atoms with E-state index in [1.807, 2.05) is 18.2 Å². The lowest BCUT2D eigenvalue weighted by molar-refractivity contribution is -0.139. The van der Waals surface area contributed by atoms with Crippen molar-refractivity contribution in [1.29, 1.82) is 0 Å². The van der Waals surface area contributed by atoms with Crippen molar-refractivity contribution in [2.75, 3.05) is 11.4 Å². The molecule has 0 radical (unpaired) electrons. The Morgan fingerprint density at radius 3 is 2.65 bits per heavy atom. The summed E-state index contributed by atoms with van der Waals surface area (Å²) >= 11 is 0. The number of carbonyl (C=O) groups is 1. The summed E-state index contributed by atoms with van der Waals surface area (Å²) in [5, 5.41) is 20.3. The monoisotopic (exact) mass is 277 g/mol. The van der Waals surface area contributed by atoms with Gasteiger partial charge in [-0.25, -0.2) is 0 Å². The van der Waals surface area contributed by atoms with Crippen LogP contribution in [0.15, 0.2) is 24.3 Å². The Hall–Kier alpha value is -1.39. The molecule has 0 unspecified atom stereocenters. The van der Waals surface area contributed by atoms with Crippen LogP contribution in [0.5, 0.6) is 0 Å². The van der Waals surface area contributed by atoms with Crippen LogP contribution >= 0.6 is 0 Å². The Kier molecular flexibility index (Phi) is 4.45. The number of amides is 1. The normalized spacial score (nSPS) is 23.0. The van der Waals surface area contributed by atoms with Gasteiger partial charge in [-0.1, -0.05) is 38.0 Å². The van der Waals surface area contributed by atoms with Gasteiger partial charge in [0.2, 0.25) is 0 Å². The first-order chi connectivity index (χ1) is 9.50. The molecule has 1 aromatic carbocycles. The molecule has 0 saturated carbocycles. The number of anilines is 1. The zero-order chi connectivity index (χ0) is 14.8. The number of fused-ring (bicyclic) bond motifs is 1. The fraction of sp³-hybridized carbons (Fsp3) is 0.562. The van der Waals surface area contributed by atoms with Gasteiger partial charge in [-0.05, 0) is 19.4 Å². The predicted molar refractivity (Wildman–Crippen MR) is 78.5 cm³/mol. The molecule has 0 aromatic heterocycles. The molecule has 110 valence electrons. The molecule has 1 aromatic rings. The number of unbranched alkanes of at least 4 members (excludes halogenated alkanes) is 2. The molecule has 0 bridgehead atoms. The average Bonchev–Trinajstić information content (AvgIpc) is 2.61. The molecule has 1 aliphatic rings. The minimum absolute atomic E-state index is 0.0348. The summed E-state index contributed by atoms with van der Waals surface area (Å²) < 4.78 is 0. The SMILES string of the molecule is CCCCCN1C(=O)[C@@](O)(C[C@@H](C)O)c2ccccc21. The number of benzene rings is 1. The van der Waals surface area contributed by atoms with Gasteiger partial charge in [0.25, 0.3) is 5.91 Å². The summed E-state index contributed by atoms with van der Waals surface area (Å²) in [6.07, 6.45) is 2.37. The van der Waals surface area contributed by atoms with E-state index in [4.69, 9.17) is 0 Å². The van der Waals surface area contributed by atoms with E-state index in [9.17, 15) is 15.0 Å². The summed E-state index contributed by atoms with van der Waals surface area (Å²) in [7, 11) is 0. The lowest BCUT2D eigenvalue weighted by atomic mass is 9.90. The Labute approximate surface area is 120 Å².